The maximum atomic E-state index is 11.9. The van der Waals surface area contributed by atoms with Gasteiger partial charge in [0.15, 0.2) is 0 Å². The standard InChI is InChI=1S/C15H18N2O3S2/c18-14(12-6-8-21-11-12)10-17-15(19)16-7-9-22(20)13-4-2-1-3-5-13/h1-6,8,11,14,18H,7,9-10H2,(H2,16,17,19)/t14-,22+/m1/s1. The zero-order chi connectivity index (χ0) is 15.8. The lowest BCUT2D eigenvalue weighted by Gasteiger charge is -2.11. The molecule has 1 aromatic carbocycles. The number of nitrogens with one attached hydrogen (secondary N) is 2. The fourth-order valence-corrected chi connectivity index (χ4v) is 3.47. The third-order valence-corrected chi connectivity index (χ3v) is 5.04. The van der Waals surface area contributed by atoms with Crippen molar-refractivity contribution in [3.8, 4) is 0 Å². The Labute approximate surface area is 135 Å². The first-order valence-electron chi connectivity index (χ1n) is 6.82. The quantitative estimate of drug-likeness (QED) is 0.721. The number of rotatable bonds is 7. The number of carbonyl (C=O) groups excluding carboxylic acids is 1. The van der Waals surface area contributed by atoms with Gasteiger partial charge in [0, 0.05) is 23.7 Å². The summed E-state index contributed by atoms with van der Waals surface area (Å²) in [7, 11) is -1.13. The van der Waals surface area contributed by atoms with Crippen molar-refractivity contribution in [1.29, 1.82) is 0 Å². The number of benzene rings is 1. The zero-order valence-corrected chi connectivity index (χ0v) is 13.5. The molecule has 0 bridgehead atoms. The molecule has 0 saturated carbocycles. The van der Waals surface area contributed by atoms with Crippen LogP contribution in [0.1, 0.15) is 11.7 Å². The molecule has 0 aliphatic rings. The number of hydrogen-bond donors (Lipinski definition) is 3. The zero-order valence-electron chi connectivity index (χ0n) is 11.9. The Balaban J connectivity index is 1.65. The van der Waals surface area contributed by atoms with Crippen molar-refractivity contribution >= 4 is 28.2 Å². The van der Waals surface area contributed by atoms with Crippen LogP contribution in [0.5, 0.6) is 0 Å². The van der Waals surface area contributed by atoms with Gasteiger partial charge in [-0.2, -0.15) is 11.3 Å². The van der Waals surface area contributed by atoms with Gasteiger partial charge in [0.25, 0.3) is 0 Å². The molecule has 2 atom stereocenters. The van der Waals surface area contributed by atoms with E-state index in [1.54, 1.807) is 12.1 Å². The van der Waals surface area contributed by atoms with Crippen LogP contribution in [-0.4, -0.2) is 34.2 Å². The Morgan fingerprint density at radius 1 is 1.23 bits per heavy atom. The summed E-state index contributed by atoms with van der Waals surface area (Å²) in [6.07, 6.45) is -0.713. The largest absolute Gasteiger partial charge is 0.387 e. The number of amides is 2. The molecule has 7 heteroatoms. The van der Waals surface area contributed by atoms with Gasteiger partial charge < -0.3 is 15.7 Å². The van der Waals surface area contributed by atoms with Crippen LogP contribution >= 0.6 is 11.3 Å². The number of urea groups is 1. The summed E-state index contributed by atoms with van der Waals surface area (Å²) >= 11 is 1.50. The van der Waals surface area contributed by atoms with E-state index in [1.807, 2.05) is 35.0 Å². The Morgan fingerprint density at radius 3 is 2.68 bits per heavy atom. The molecule has 0 radical (unpaired) electrons. The molecule has 3 N–H and O–H groups in total. The topological polar surface area (TPSA) is 78.4 Å². The van der Waals surface area contributed by atoms with E-state index in [4.69, 9.17) is 0 Å². The Kier molecular flexibility index (Phi) is 6.57. The van der Waals surface area contributed by atoms with Gasteiger partial charge in [0.2, 0.25) is 0 Å². The van der Waals surface area contributed by atoms with Crippen LogP contribution in [0.2, 0.25) is 0 Å². The minimum atomic E-state index is -1.13. The molecule has 0 spiro atoms. The maximum absolute atomic E-state index is 11.9. The van der Waals surface area contributed by atoms with Gasteiger partial charge in [-0.1, -0.05) is 18.2 Å². The Morgan fingerprint density at radius 2 is 2.00 bits per heavy atom. The molecule has 1 heterocycles. The minimum Gasteiger partial charge on any atom is -0.387 e. The molecular formula is C15H18N2O3S2. The molecular weight excluding hydrogens is 320 g/mol. The van der Waals surface area contributed by atoms with Crippen LogP contribution in [0.15, 0.2) is 52.1 Å². The smallest absolute Gasteiger partial charge is 0.314 e. The van der Waals surface area contributed by atoms with E-state index in [0.717, 1.165) is 10.5 Å². The Hall–Kier alpha value is -1.70. The SMILES string of the molecule is O=C(NCC[S@](=O)c1ccccc1)NC[C@@H](O)c1ccsc1. The van der Waals surface area contributed by atoms with E-state index in [9.17, 15) is 14.1 Å². The predicted molar refractivity (Wildman–Crippen MR) is 88.4 cm³/mol. The van der Waals surface area contributed by atoms with Gasteiger partial charge in [-0.25, -0.2) is 4.79 Å². The lowest BCUT2D eigenvalue weighted by Crippen LogP contribution is -2.39. The highest BCUT2D eigenvalue weighted by atomic mass is 32.2. The average molecular weight is 338 g/mol. The van der Waals surface area contributed by atoms with Gasteiger partial charge >= 0.3 is 6.03 Å². The van der Waals surface area contributed by atoms with E-state index in [-0.39, 0.29) is 12.6 Å². The summed E-state index contributed by atoms with van der Waals surface area (Å²) in [5.74, 6) is 0.352. The van der Waals surface area contributed by atoms with Crippen molar-refractivity contribution in [2.75, 3.05) is 18.8 Å². The molecule has 0 aliphatic heterocycles. The van der Waals surface area contributed by atoms with Crippen molar-refractivity contribution in [2.45, 2.75) is 11.0 Å². The number of hydrogen-bond acceptors (Lipinski definition) is 4. The summed E-state index contributed by atoms with van der Waals surface area (Å²) in [5, 5.41) is 18.8. The summed E-state index contributed by atoms with van der Waals surface area (Å²) in [6.45, 7) is 0.451. The van der Waals surface area contributed by atoms with Gasteiger partial charge in [-0.15, -0.1) is 0 Å². The molecule has 0 saturated heterocycles. The monoisotopic (exact) mass is 338 g/mol. The summed E-state index contributed by atoms with van der Waals surface area (Å²) < 4.78 is 11.9. The van der Waals surface area contributed by atoms with Crippen LogP contribution in [0.25, 0.3) is 0 Å². The second kappa shape index (κ2) is 8.67. The number of carbonyl (C=O) groups is 1. The molecule has 2 rings (SSSR count). The Bertz CT molecular complexity index is 603. The van der Waals surface area contributed by atoms with E-state index in [0.29, 0.717) is 12.3 Å². The van der Waals surface area contributed by atoms with Crippen LogP contribution < -0.4 is 10.6 Å². The number of aliphatic hydroxyl groups is 1. The van der Waals surface area contributed by atoms with Crippen molar-refractivity contribution in [3.05, 3.63) is 52.7 Å². The van der Waals surface area contributed by atoms with E-state index in [1.165, 1.54) is 11.3 Å². The maximum Gasteiger partial charge on any atom is 0.314 e. The first kappa shape index (κ1) is 16.7. The highest BCUT2D eigenvalue weighted by Crippen LogP contribution is 2.14. The molecule has 2 amide bonds. The van der Waals surface area contributed by atoms with Crippen LogP contribution in [0.4, 0.5) is 4.79 Å². The second-order valence-corrected chi connectivity index (χ2v) is 6.92. The van der Waals surface area contributed by atoms with Gasteiger partial charge in [-0.3, -0.25) is 4.21 Å². The van der Waals surface area contributed by atoms with Crippen LogP contribution in [0, 0.1) is 0 Å². The van der Waals surface area contributed by atoms with Crippen molar-refractivity contribution < 1.29 is 14.1 Å². The molecule has 118 valence electrons. The first-order valence-corrected chi connectivity index (χ1v) is 9.08. The lowest BCUT2D eigenvalue weighted by atomic mass is 10.2. The predicted octanol–water partition coefficient (Wildman–Crippen LogP) is 1.89. The second-order valence-electron chi connectivity index (χ2n) is 4.57. The summed E-state index contributed by atoms with van der Waals surface area (Å²) in [5.41, 5.74) is 0.787. The average Bonchev–Trinajstić information content (AvgIpc) is 3.08. The van der Waals surface area contributed by atoms with E-state index in [2.05, 4.69) is 10.6 Å². The highest BCUT2D eigenvalue weighted by Gasteiger charge is 2.10. The summed E-state index contributed by atoms with van der Waals surface area (Å²) in [4.78, 5) is 12.4. The van der Waals surface area contributed by atoms with Crippen molar-refractivity contribution in [1.82, 2.24) is 10.6 Å². The normalized spacial score (nSPS) is 13.3. The fourth-order valence-electron chi connectivity index (χ4n) is 1.78. The minimum absolute atomic E-state index is 0.143. The first-order chi connectivity index (χ1) is 10.7. The third-order valence-electron chi connectivity index (χ3n) is 2.96. The van der Waals surface area contributed by atoms with Crippen molar-refractivity contribution in [2.24, 2.45) is 0 Å². The molecule has 0 aliphatic carbocycles. The molecule has 22 heavy (non-hydrogen) atoms. The number of thiophene rings is 1. The van der Waals surface area contributed by atoms with E-state index >= 15 is 0 Å². The lowest BCUT2D eigenvalue weighted by molar-refractivity contribution is 0.173. The van der Waals surface area contributed by atoms with Gasteiger partial charge in [-0.05, 0) is 34.5 Å². The highest BCUT2D eigenvalue weighted by molar-refractivity contribution is 7.85. The molecule has 2 aromatic rings. The van der Waals surface area contributed by atoms with Gasteiger partial charge in [0.05, 0.1) is 16.9 Å². The molecule has 0 unspecified atom stereocenters. The van der Waals surface area contributed by atoms with E-state index < -0.39 is 16.9 Å². The van der Waals surface area contributed by atoms with Crippen LogP contribution in [0.3, 0.4) is 0 Å². The molecule has 0 fully saturated rings. The number of aliphatic hydroxyl groups excluding tert-OH is 1. The fraction of sp³-hybridized carbons (Fsp3) is 0.267. The van der Waals surface area contributed by atoms with Crippen LogP contribution in [-0.2, 0) is 10.8 Å². The summed E-state index contributed by atoms with van der Waals surface area (Å²) in [6, 6.07) is 10.6. The van der Waals surface area contributed by atoms with Crippen molar-refractivity contribution in [3.63, 3.8) is 0 Å². The third kappa shape index (κ3) is 5.25. The molecule has 5 nitrogen and oxygen atoms in total. The molecule has 1 aromatic heterocycles. The van der Waals surface area contributed by atoms with Gasteiger partial charge in [0.1, 0.15) is 0 Å².